The molecule has 0 heterocycles. The number of Topliss-reactive ketones (excluding diaryl/α,β-unsaturated/α-hetero) is 1. The third-order valence-electron chi connectivity index (χ3n) is 1.74. The Morgan fingerprint density at radius 2 is 2.08 bits per heavy atom. The van der Waals surface area contributed by atoms with Crippen LogP contribution in [0.2, 0.25) is 0 Å². The fourth-order valence-electron chi connectivity index (χ4n) is 1.22. The molecule has 13 heavy (non-hydrogen) atoms. The number of hydrogen-bond acceptors (Lipinski definition) is 3. The molecule has 0 aliphatic heterocycles. The second kappa shape index (κ2) is 3.40. The standard InChI is InChI=1S/C10H17NO2/c1-7(13-10(2,3)4)11-8-5-9(12)6-8/h8,11H,1,5-6H2,2-4H3. The van der Waals surface area contributed by atoms with Crippen LogP contribution in [0.5, 0.6) is 0 Å². The number of ether oxygens (including phenoxy) is 1. The van der Waals surface area contributed by atoms with E-state index in [0.717, 1.165) is 0 Å². The quantitative estimate of drug-likeness (QED) is 0.675. The fourth-order valence-corrected chi connectivity index (χ4v) is 1.22. The molecule has 3 nitrogen and oxygen atoms in total. The van der Waals surface area contributed by atoms with Gasteiger partial charge in [0.1, 0.15) is 11.4 Å². The van der Waals surface area contributed by atoms with Crippen LogP contribution in [0.3, 0.4) is 0 Å². The van der Waals surface area contributed by atoms with Crippen molar-refractivity contribution in [3.63, 3.8) is 0 Å². The maximum atomic E-state index is 10.7. The number of hydrogen-bond donors (Lipinski definition) is 1. The number of ketones is 1. The molecule has 1 rings (SSSR count). The molecule has 1 aliphatic rings. The summed E-state index contributed by atoms with van der Waals surface area (Å²) in [6.45, 7) is 9.63. The number of carbonyl (C=O) groups excluding carboxylic acids is 1. The Kier molecular flexibility index (Phi) is 2.64. The summed E-state index contributed by atoms with van der Waals surface area (Å²) in [5, 5.41) is 3.07. The minimum absolute atomic E-state index is 0.224. The first-order valence-corrected chi connectivity index (χ1v) is 4.53. The van der Waals surface area contributed by atoms with Gasteiger partial charge in [-0.2, -0.15) is 0 Å². The van der Waals surface area contributed by atoms with Crippen molar-refractivity contribution in [3.8, 4) is 0 Å². The average molecular weight is 183 g/mol. The molecule has 0 saturated heterocycles. The highest BCUT2D eigenvalue weighted by Crippen LogP contribution is 2.17. The molecule has 0 radical (unpaired) electrons. The van der Waals surface area contributed by atoms with Crippen molar-refractivity contribution in [2.75, 3.05) is 0 Å². The molecule has 0 aromatic rings. The van der Waals surface area contributed by atoms with E-state index in [1.54, 1.807) is 0 Å². The Morgan fingerprint density at radius 3 is 2.46 bits per heavy atom. The predicted octanol–water partition coefficient (Wildman–Crippen LogP) is 1.59. The van der Waals surface area contributed by atoms with Gasteiger partial charge in [-0.25, -0.2) is 0 Å². The summed E-state index contributed by atoms with van der Waals surface area (Å²) in [4.78, 5) is 10.7. The third kappa shape index (κ3) is 3.49. The van der Waals surface area contributed by atoms with Gasteiger partial charge in [0.05, 0.1) is 0 Å². The van der Waals surface area contributed by atoms with E-state index in [2.05, 4.69) is 11.9 Å². The van der Waals surface area contributed by atoms with Crippen molar-refractivity contribution >= 4 is 5.78 Å². The normalized spacial score (nSPS) is 17.9. The Labute approximate surface area is 79.2 Å². The maximum absolute atomic E-state index is 10.7. The van der Waals surface area contributed by atoms with Gasteiger partial charge in [-0.05, 0) is 27.4 Å². The van der Waals surface area contributed by atoms with Crippen molar-refractivity contribution in [2.24, 2.45) is 0 Å². The SMILES string of the molecule is C=C(NC1CC(=O)C1)OC(C)(C)C. The molecule has 1 N–H and O–H groups in total. The van der Waals surface area contributed by atoms with E-state index in [1.807, 2.05) is 20.8 Å². The van der Waals surface area contributed by atoms with Crippen LogP contribution in [0, 0.1) is 0 Å². The van der Waals surface area contributed by atoms with Crippen molar-refractivity contribution in [3.05, 3.63) is 12.5 Å². The van der Waals surface area contributed by atoms with E-state index in [4.69, 9.17) is 4.74 Å². The first-order valence-electron chi connectivity index (χ1n) is 4.53. The van der Waals surface area contributed by atoms with Crippen LogP contribution in [0.4, 0.5) is 0 Å². The molecular formula is C10H17NO2. The van der Waals surface area contributed by atoms with Crippen LogP contribution >= 0.6 is 0 Å². The molecule has 74 valence electrons. The largest absolute Gasteiger partial charge is 0.474 e. The van der Waals surface area contributed by atoms with Gasteiger partial charge in [0.15, 0.2) is 5.88 Å². The van der Waals surface area contributed by atoms with Crippen molar-refractivity contribution in [1.29, 1.82) is 0 Å². The van der Waals surface area contributed by atoms with Crippen LogP contribution in [0.15, 0.2) is 12.5 Å². The highest BCUT2D eigenvalue weighted by Gasteiger charge is 2.27. The molecule has 0 unspecified atom stereocenters. The predicted molar refractivity (Wildman–Crippen MR) is 51.1 cm³/mol. The maximum Gasteiger partial charge on any atom is 0.180 e. The summed E-state index contributed by atoms with van der Waals surface area (Å²) >= 11 is 0. The third-order valence-corrected chi connectivity index (χ3v) is 1.74. The van der Waals surface area contributed by atoms with E-state index >= 15 is 0 Å². The van der Waals surface area contributed by atoms with Gasteiger partial charge in [-0.3, -0.25) is 4.79 Å². The van der Waals surface area contributed by atoms with Crippen LogP contribution < -0.4 is 5.32 Å². The molecule has 0 atom stereocenters. The summed E-state index contributed by atoms with van der Waals surface area (Å²) in [5.41, 5.74) is -0.224. The lowest BCUT2D eigenvalue weighted by Crippen LogP contribution is -2.42. The Bertz CT molecular complexity index is 220. The summed E-state index contributed by atoms with van der Waals surface area (Å²) in [6.07, 6.45) is 1.21. The summed E-state index contributed by atoms with van der Waals surface area (Å²) < 4.78 is 5.46. The molecule has 0 bridgehead atoms. The first kappa shape index (κ1) is 10.1. The van der Waals surface area contributed by atoms with E-state index in [-0.39, 0.29) is 11.6 Å². The van der Waals surface area contributed by atoms with Crippen molar-refractivity contribution in [1.82, 2.24) is 5.32 Å². The van der Waals surface area contributed by atoms with Gasteiger partial charge in [0, 0.05) is 18.9 Å². The van der Waals surface area contributed by atoms with Crippen LogP contribution in [0.1, 0.15) is 33.6 Å². The zero-order valence-electron chi connectivity index (χ0n) is 8.52. The molecule has 0 amide bonds. The van der Waals surface area contributed by atoms with E-state index in [1.165, 1.54) is 0 Å². The highest BCUT2D eigenvalue weighted by atomic mass is 16.5. The molecule has 1 saturated carbocycles. The van der Waals surface area contributed by atoms with Crippen LogP contribution in [-0.4, -0.2) is 17.4 Å². The lowest BCUT2D eigenvalue weighted by Gasteiger charge is -2.30. The van der Waals surface area contributed by atoms with Crippen LogP contribution in [-0.2, 0) is 9.53 Å². The first-order chi connectivity index (χ1) is 5.87. The van der Waals surface area contributed by atoms with Gasteiger partial charge in [-0.1, -0.05) is 0 Å². The summed E-state index contributed by atoms with van der Waals surface area (Å²) in [5.74, 6) is 0.867. The molecular weight excluding hydrogens is 166 g/mol. The average Bonchev–Trinajstić information content (AvgIpc) is 1.79. The number of carbonyl (C=O) groups is 1. The monoisotopic (exact) mass is 183 g/mol. The second-order valence-corrected chi connectivity index (χ2v) is 4.43. The second-order valence-electron chi connectivity index (χ2n) is 4.43. The van der Waals surface area contributed by atoms with Gasteiger partial charge in [0.2, 0.25) is 0 Å². The highest BCUT2D eigenvalue weighted by molar-refractivity contribution is 5.85. The molecule has 0 spiro atoms. The van der Waals surface area contributed by atoms with Gasteiger partial charge < -0.3 is 10.1 Å². The molecule has 0 aromatic heterocycles. The molecule has 1 aliphatic carbocycles. The number of nitrogens with one attached hydrogen (secondary N) is 1. The van der Waals surface area contributed by atoms with Crippen LogP contribution in [0.25, 0.3) is 0 Å². The molecule has 0 aromatic carbocycles. The lowest BCUT2D eigenvalue weighted by molar-refractivity contribution is -0.125. The smallest absolute Gasteiger partial charge is 0.180 e. The number of rotatable bonds is 3. The van der Waals surface area contributed by atoms with E-state index in [0.29, 0.717) is 24.5 Å². The van der Waals surface area contributed by atoms with Gasteiger partial charge >= 0.3 is 0 Å². The summed E-state index contributed by atoms with van der Waals surface area (Å²) in [6, 6.07) is 0.238. The van der Waals surface area contributed by atoms with Crippen molar-refractivity contribution in [2.45, 2.75) is 45.3 Å². The lowest BCUT2D eigenvalue weighted by atomic mass is 9.91. The summed E-state index contributed by atoms with van der Waals surface area (Å²) in [7, 11) is 0. The zero-order chi connectivity index (χ0) is 10.1. The minimum Gasteiger partial charge on any atom is -0.474 e. The van der Waals surface area contributed by atoms with Gasteiger partial charge in [-0.15, -0.1) is 0 Å². The Hall–Kier alpha value is -0.990. The zero-order valence-corrected chi connectivity index (χ0v) is 8.52. The van der Waals surface area contributed by atoms with E-state index < -0.39 is 0 Å². The van der Waals surface area contributed by atoms with Gasteiger partial charge in [0.25, 0.3) is 0 Å². The molecule has 1 fully saturated rings. The minimum atomic E-state index is -0.224. The fraction of sp³-hybridized carbons (Fsp3) is 0.700. The molecule has 3 heteroatoms. The van der Waals surface area contributed by atoms with E-state index in [9.17, 15) is 4.79 Å². The Morgan fingerprint density at radius 1 is 1.54 bits per heavy atom. The topological polar surface area (TPSA) is 38.3 Å². The Balaban J connectivity index is 2.22. The van der Waals surface area contributed by atoms with Crippen molar-refractivity contribution < 1.29 is 9.53 Å².